The Morgan fingerprint density at radius 3 is 2.87 bits per heavy atom. The third-order valence-electron chi connectivity index (χ3n) is 3.59. The number of urea groups is 1. The molecule has 0 spiro atoms. The number of aromatic nitrogens is 1. The summed E-state index contributed by atoms with van der Waals surface area (Å²) in [4.78, 5) is 28.6. The molecule has 1 unspecified atom stereocenters. The number of carbonyl (C=O) groups is 2. The number of pyridine rings is 1. The van der Waals surface area contributed by atoms with Gasteiger partial charge in [-0.05, 0) is 19.4 Å². The van der Waals surface area contributed by atoms with Crippen molar-refractivity contribution in [3.63, 3.8) is 0 Å². The van der Waals surface area contributed by atoms with E-state index in [1.165, 1.54) is 23.1 Å². The number of nitrogens with zero attached hydrogens (tertiary/aromatic N) is 2. The molecule has 2 N–H and O–H groups in total. The number of carboxylic acids is 1. The smallest absolute Gasteiger partial charge is 0.323 e. The lowest BCUT2D eigenvalue weighted by Gasteiger charge is -2.20. The molecule has 7 nitrogen and oxygen atoms in total. The van der Waals surface area contributed by atoms with Gasteiger partial charge in [0.1, 0.15) is 5.82 Å². The Bertz CT molecular complexity index is 599. The van der Waals surface area contributed by atoms with E-state index >= 15 is 0 Å². The number of hydrogen-bond acceptors (Lipinski definition) is 4. The van der Waals surface area contributed by atoms with Crippen molar-refractivity contribution in [3.05, 3.63) is 18.2 Å². The SMILES string of the molecule is CC1(C(=O)O)CCN(C(=O)Nc2cccc(OCC(F)F)n2)C1. The van der Waals surface area contributed by atoms with Crippen molar-refractivity contribution >= 4 is 17.8 Å². The van der Waals surface area contributed by atoms with E-state index in [2.05, 4.69) is 10.3 Å². The Balaban J connectivity index is 1.96. The van der Waals surface area contributed by atoms with Gasteiger partial charge in [0.05, 0.1) is 5.41 Å². The van der Waals surface area contributed by atoms with Crippen LogP contribution in [0.25, 0.3) is 0 Å². The van der Waals surface area contributed by atoms with E-state index < -0.39 is 30.4 Å². The maximum Gasteiger partial charge on any atom is 0.323 e. The largest absolute Gasteiger partial charge is 0.481 e. The number of likely N-dealkylation sites (tertiary alicyclic amines) is 1. The molecule has 23 heavy (non-hydrogen) atoms. The third-order valence-corrected chi connectivity index (χ3v) is 3.59. The molecular formula is C14H17F2N3O4. The number of alkyl halides is 2. The van der Waals surface area contributed by atoms with Gasteiger partial charge in [-0.15, -0.1) is 0 Å². The van der Waals surface area contributed by atoms with Gasteiger partial charge in [0.25, 0.3) is 6.43 Å². The van der Waals surface area contributed by atoms with Crippen molar-refractivity contribution < 1.29 is 28.2 Å². The summed E-state index contributed by atoms with van der Waals surface area (Å²) in [7, 11) is 0. The number of aliphatic carboxylic acids is 1. The zero-order chi connectivity index (χ0) is 17.0. The monoisotopic (exact) mass is 329 g/mol. The molecule has 1 aromatic rings. The Kier molecular flexibility index (Phi) is 4.97. The van der Waals surface area contributed by atoms with Crippen LogP contribution >= 0.6 is 0 Å². The maximum absolute atomic E-state index is 12.1. The van der Waals surface area contributed by atoms with Gasteiger partial charge in [-0.2, -0.15) is 4.98 Å². The van der Waals surface area contributed by atoms with Gasteiger partial charge in [0.15, 0.2) is 6.61 Å². The third kappa shape index (κ3) is 4.27. The molecule has 1 fully saturated rings. The van der Waals surface area contributed by atoms with E-state index in [-0.39, 0.29) is 18.2 Å². The number of carbonyl (C=O) groups excluding carboxylic acids is 1. The summed E-state index contributed by atoms with van der Waals surface area (Å²) in [6, 6.07) is 3.90. The van der Waals surface area contributed by atoms with E-state index in [0.717, 1.165) is 0 Å². The first-order valence-electron chi connectivity index (χ1n) is 6.97. The maximum atomic E-state index is 12.1. The lowest BCUT2D eigenvalue weighted by atomic mass is 9.90. The fraction of sp³-hybridized carbons (Fsp3) is 0.500. The molecule has 1 aromatic heterocycles. The van der Waals surface area contributed by atoms with Crippen molar-refractivity contribution in [2.24, 2.45) is 5.41 Å². The Morgan fingerprint density at radius 1 is 1.52 bits per heavy atom. The van der Waals surface area contributed by atoms with Gasteiger partial charge in [-0.25, -0.2) is 13.6 Å². The number of anilines is 1. The number of ether oxygens (including phenoxy) is 1. The van der Waals surface area contributed by atoms with Crippen LogP contribution in [-0.2, 0) is 4.79 Å². The minimum absolute atomic E-state index is 0.0279. The first-order chi connectivity index (χ1) is 10.8. The summed E-state index contributed by atoms with van der Waals surface area (Å²) in [5.41, 5.74) is -0.965. The van der Waals surface area contributed by atoms with Crippen LogP contribution in [0.1, 0.15) is 13.3 Å². The second-order valence-corrected chi connectivity index (χ2v) is 5.53. The van der Waals surface area contributed by atoms with Gasteiger partial charge in [-0.1, -0.05) is 6.07 Å². The second kappa shape index (κ2) is 6.76. The number of carboxylic acid groups (broad SMARTS) is 1. The lowest BCUT2D eigenvalue weighted by molar-refractivity contribution is -0.146. The Labute approximate surface area is 131 Å². The quantitative estimate of drug-likeness (QED) is 0.863. The Hall–Kier alpha value is -2.45. The number of halogens is 2. The zero-order valence-corrected chi connectivity index (χ0v) is 12.5. The molecule has 0 aromatic carbocycles. The van der Waals surface area contributed by atoms with Crippen LogP contribution in [0.5, 0.6) is 5.88 Å². The number of hydrogen-bond donors (Lipinski definition) is 2. The standard InChI is InChI=1S/C14H17F2N3O4/c1-14(12(20)21)5-6-19(8-14)13(22)18-10-3-2-4-11(17-10)23-7-9(15)16/h2-4,9H,5-8H2,1H3,(H,20,21)(H,17,18,22). The summed E-state index contributed by atoms with van der Waals surface area (Å²) in [5.74, 6) is -0.834. The highest BCUT2D eigenvalue weighted by molar-refractivity contribution is 5.89. The first-order valence-corrected chi connectivity index (χ1v) is 6.97. The van der Waals surface area contributed by atoms with Crippen molar-refractivity contribution in [2.75, 3.05) is 25.0 Å². The minimum atomic E-state index is -2.62. The summed E-state index contributed by atoms with van der Waals surface area (Å²) in [5, 5.41) is 11.7. The Morgan fingerprint density at radius 2 is 2.26 bits per heavy atom. The van der Waals surface area contributed by atoms with Crippen molar-refractivity contribution in [3.8, 4) is 5.88 Å². The average molecular weight is 329 g/mol. The van der Waals surface area contributed by atoms with E-state index in [4.69, 9.17) is 9.84 Å². The van der Waals surface area contributed by atoms with Gasteiger partial charge < -0.3 is 14.7 Å². The van der Waals surface area contributed by atoms with Crippen LogP contribution < -0.4 is 10.1 Å². The van der Waals surface area contributed by atoms with Gasteiger partial charge in [-0.3, -0.25) is 10.1 Å². The van der Waals surface area contributed by atoms with E-state index in [1.807, 2.05) is 0 Å². The van der Waals surface area contributed by atoms with Crippen molar-refractivity contribution in [1.29, 1.82) is 0 Å². The summed E-state index contributed by atoms with van der Waals surface area (Å²) < 4.78 is 29.0. The summed E-state index contributed by atoms with van der Waals surface area (Å²) in [6.07, 6.45) is -2.26. The molecule has 126 valence electrons. The van der Waals surface area contributed by atoms with Crippen LogP contribution in [-0.4, -0.2) is 53.1 Å². The molecule has 0 radical (unpaired) electrons. The van der Waals surface area contributed by atoms with Crippen LogP contribution in [0.4, 0.5) is 19.4 Å². The van der Waals surface area contributed by atoms with E-state index in [9.17, 15) is 18.4 Å². The molecule has 1 atom stereocenters. The van der Waals surface area contributed by atoms with Crippen LogP contribution in [0.15, 0.2) is 18.2 Å². The van der Waals surface area contributed by atoms with Crippen LogP contribution in [0.3, 0.4) is 0 Å². The number of amides is 2. The average Bonchev–Trinajstić information content (AvgIpc) is 2.90. The molecule has 2 rings (SSSR count). The fourth-order valence-corrected chi connectivity index (χ4v) is 2.21. The predicted molar refractivity (Wildman–Crippen MR) is 76.7 cm³/mol. The highest BCUT2D eigenvalue weighted by Gasteiger charge is 2.42. The van der Waals surface area contributed by atoms with E-state index in [0.29, 0.717) is 13.0 Å². The lowest BCUT2D eigenvalue weighted by Crippen LogP contribution is -2.37. The van der Waals surface area contributed by atoms with E-state index in [1.54, 1.807) is 6.92 Å². The fourth-order valence-electron chi connectivity index (χ4n) is 2.21. The second-order valence-electron chi connectivity index (χ2n) is 5.53. The first kappa shape index (κ1) is 16.9. The molecule has 1 aliphatic rings. The predicted octanol–water partition coefficient (Wildman–Crippen LogP) is 2.05. The van der Waals surface area contributed by atoms with Crippen LogP contribution in [0.2, 0.25) is 0 Å². The van der Waals surface area contributed by atoms with Gasteiger partial charge in [0.2, 0.25) is 5.88 Å². The minimum Gasteiger partial charge on any atom is -0.481 e. The zero-order valence-electron chi connectivity index (χ0n) is 12.5. The van der Waals surface area contributed by atoms with Gasteiger partial charge >= 0.3 is 12.0 Å². The molecule has 2 amide bonds. The normalized spacial score (nSPS) is 20.6. The highest BCUT2D eigenvalue weighted by Crippen LogP contribution is 2.30. The molecule has 0 aliphatic carbocycles. The van der Waals surface area contributed by atoms with Crippen molar-refractivity contribution in [1.82, 2.24) is 9.88 Å². The molecule has 0 bridgehead atoms. The molecular weight excluding hydrogens is 312 g/mol. The molecule has 2 heterocycles. The van der Waals surface area contributed by atoms with Crippen molar-refractivity contribution in [2.45, 2.75) is 19.8 Å². The molecule has 1 aliphatic heterocycles. The number of nitrogens with one attached hydrogen (secondary N) is 1. The molecule has 1 saturated heterocycles. The van der Waals surface area contributed by atoms with Crippen LogP contribution in [0, 0.1) is 5.41 Å². The summed E-state index contributed by atoms with van der Waals surface area (Å²) >= 11 is 0. The highest BCUT2D eigenvalue weighted by atomic mass is 19.3. The molecule has 9 heteroatoms. The molecule has 0 saturated carbocycles. The summed E-state index contributed by atoms with van der Waals surface area (Å²) in [6.45, 7) is 1.21. The topological polar surface area (TPSA) is 91.8 Å². The van der Waals surface area contributed by atoms with Gasteiger partial charge in [0, 0.05) is 19.2 Å². The number of rotatable bonds is 5.